The van der Waals surface area contributed by atoms with Crippen LogP contribution in [0.1, 0.15) is 36.5 Å². The summed E-state index contributed by atoms with van der Waals surface area (Å²) >= 11 is 0. The van der Waals surface area contributed by atoms with E-state index >= 15 is 0 Å². The maximum Gasteiger partial charge on any atom is 0.240 e. The monoisotopic (exact) mass is 324 g/mol. The number of aliphatic hydroxyl groups is 1. The molecule has 24 heavy (non-hydrogen) atoms. The van der Waals surface area contributed by atoms with Crippen LogP contribution < -0.4 is 5.43 Å². The molecule has 1 atom stereocenters. The lowest BCUT2D eigenvalue weighted by molar-refractivity contribution is -0.121. The van der Waals surface area contributed by atoms with E-state index < -0.39 is 6.10 Å². The molecule has 2 heterocycles. The van der Waals surface area contributed by atoms with Crippen LogP contribution in [0.4, 0.5) is 0 Å². The minimum absolute atomic E-state index is 0.0256. The summed E-state index contributed by atoms with van der Waals surface area (Å²) in [5.74, 6) is -0.0256. The molecule has 0 fully saturated rings. The Kier molecular flexibility index (Phi) is 5.04. The summed E-state index contributed by atoms with van der Waals surface area (Å²) in [6.45, 7) is 2.17. The van der Waals surface area contributed by atoms with Gasteiger partial charge in [0, 0.05) is 32.5 Å². The highest BCUT2D eigenvalue weighted by Crippen LogP contribution is 2.20. The summed E-state index contributed by atoms with van der Waals surface area (Å²) in [5.41, 5.74) is 6.12. The molecule has 3 rings (SSSR count). The Hall–Kier alpha value is -2.49. The zero-order valence-electron chi connectivity index (χ0n) is 13.4. The maximum absolute atomic E-state index is 11.1. The van der Waals surface area contributed by atoms with E-state index in [1.54, 1.807) is 24.3 Å². The molecular formula is C18H20N4O2. The van der Waals surface area contributed by atoms with E-state index in [4.69, 9.17) is 5.26 Å². The number of hydrogen-bond acceptors (Lipinski definition) is 5. The number of nitriles is 1. The van der Waals surface area contributed by atoms with Gasteiger partial charge in [0.1, 0.15) is 0 Å². The summed E-state index contributed by atoms with van der Waals surface area (Å²) in [6.07, 6.45) is 3.63. The van der Waals surface area contributed by atoms with Gasteiger partial charge >= 0.3 is 0 Å². The van der Waals surface area contributed by atoms with Gasteiger partial charge in [-0.3, -0.25) is 9.69 Å². The number of rotatable bonds is 4. The quantitative estimate of drug-likeness (QED) is 0.878. The average molecular weight is 324 g/mol. The summed E-state index contributed by atoms with van der Waals surface area (Å²) < 4.78 is 0. The molecule has 0 unspecified atom stereocenters. The van der Waals surface area contributed by atoms with Crippen molar-refractivity contribution in [2.24, 2.45) is 5.10 Å². The van der Waals surface area contributed by atoms with Crippen molar-refractivity contribution in [3.05, 3.63) is 47.0 Å². The van der Waals surface area contributed by atoms with Gasteiger partial charge in [-0.1, -0.05) is 18.2 Å². The van der Waals surface area contributed by atoms with Crippen molar-refractivity contribution >= 4 is 11.6 Å². The van der Waals surface area contributed by atoms with E-state index in [0.29, 0.717) is 24.9 Å². The van der Waals surface area contributed by atoms with Gasteiger partial charge in [-0.05, 0) is 29.7 Å². The highest BCUT2D eigenvalue weighted by atomic mass is 16.3. The van der Waals surface area contributed by atoms with Crippen molar-refractivity contribution in [3.63, 3.8) is 0 Å². The van der Waals surface area contributed by atoms with Gasteiger partial charge in [0.2, 0.25) is 5.91 Å². The minimum atomic E-state index is -0.570. The fraction of sp³-hybridized carbons (Fsp3) is 0.389. The molecule has 2 aliphatic heterocycles. The predicted molar refractivity (Wildman–Crippen MR) is 90.1 cm³/mol. The van der Waals surface area contributed by atoms with Crippen LogP contribution in [-0.2, 0) is 4.79 Å². The second-order valence-corrected chi connectivity index (χ2v) is 6.08. The zero-order chi connectivity index (χ0) is 16.9. The van der Waals surface area contributed by atoms with Gasteiger partial charge in [-0.15, -0.1) is 0 Å². The second-order valence-electron chi connectivity index (χ2n) is 6.08. The number of benzene rings is 1. The molecule has 124 valence electrons. The molecule has 0 aromatic heterocycles. The summed E-state index contributed by atoms with van der Waals surface area (Å²) in [6, 6.07) is 9.12. The standard InChI is InChI=1S/C18H20N4O2/c19-11-13-1-3-15(4-2-13)17(23)12-22-9-7-14(8-10-22)16-5-6-18(24)21-20-16/h1-4,7,17,23H,5-6,8-10,12H2,(H,21,24)/t17-/m0/s1. The Morgan fingerprint density at radius 3 is 2.67 bits per heavy atom. The SMILES string of the molecule is N#Cc1ccc([C@@H](O)CN2CC=C(C3=NNC(=O)CC3)CC2)cc1. The number of nitrogens with zero attached hydrogens (tertiary/aromatic N) is 3. The largest absolute Gasteiger partial charge is 0.387 e. The number of amides is 1. The number of hydrogen-bond donors (Lipinski definition) is 2. The van der Waals surface area contributed by atoms with E-state index in [-0.39, 0.29) is 5.91 Å². The highest BCUT2D eigenvalue weighted by Gasteiger charge is 2.21. The van der Waals surface area contributed by atoms with Crippen LogP contribution in [-0.4, -0.2) is 41.3 Å². The molecule has 0 saturated heterocycles. The van der Waals surface area contributed by atoms with E-state index in [2.05, 4.69) is 27.6 Å². The smallest absolute Gasteiger partial charge is 0.240 e. The predicted octanol–water partition coefficient (Wildman–Crippen LogP) is 1.49. The zero-order valence-corrected chi connectivity index (χ0v) is 13.4. The Morgan fingerprint density at radius 1 is 1.29 bits per heavy atom. The first kappa shape index (κ1) is 16.4. The molecule has 2 N–H and O–H groups in total. The summed E-state index contributed by atoms with van der Waals surface area (Å²) in [7, 11) is 0. The van der Waals surface area contributed by atoms with E-state index in [1.807, 2.05) is 0 Å². The third kappa shape index (κ3) is 3.88. The molecule has 0 bridgehead atoms. The first-order chi connectivity index (χ1) is 11.7. The van der Waals surface area contributed by atoms with Gasteiger partial charge in [-0.25, -0.2) is 5.43 Å². The van der Waals surface area contributed by atoms with Crippen LogP contribution in [0.5, 0.6) is 0 Å². The van der Waals surface area contributed by atoms with Crippen LogP contribution in [0.2, 0.25) is 0 Å². The van der Waals surface area contributed by atoms with Gasteiger partial charge < -0.3 is 5.11 Å². The lowest BCUT2D eigenvalue weighted by Crippen LogP contribution is -2.35. The van der Waals surface area contributed by atoms with Gasteiger partial charge in [0.05, 0.1) is 23.4 Å². The molecule has 0 radical (unpaired) electrons. The third-order valence-corrected chi connectivity index (χ3v) is 4.42. The highest BCUT2D eigenvalue weighted by molar-refractivity contribution is 6.03. The van der Waals surface area contributed by atoms with Gasteiger partial charge in [-0.2, -0.15) is 10.4 Å². The van der Waals surface area contributed by atoms with Crippen molar-refractivity contribution in [2.45, 2.75) is 25.4 Å². The molecule has 1 amide bonds. The maximum atomic E-state index is 11.1. The molecular weight excluding hydrogens is 304 g/mol. The normalized spacial score (nSPS) is 19.8. The first-order valence-corrected chi connectivity index (χ1v) is 8.11. The van der Waals surface area contributed by atoms with Crippen LogP contribution in [0.3, 0.4) is 0 Å². The fourth-order valence-corrected chi connectivity index (χ4v) is 2.97. The third-order valence-electron chi connectivity index (χ3n) is 4.42. The Bertz CT molecular complexity index is 716. The van der Waals surface area contributed by atoms with E-state index in [0.717, 1.165) is 30.8 Å². The Balaban J connectivity index is 1.56. The number of hydrazone groups is 1. The number of nitrogens with one attached hydrogen (secondary N) is 1. The van der Waals surface area contributed by atoms with Crippen molar-refractivity contribution < 1.29 is 9.90 Å². The molecule has 6 heteroatoms. The van der Waals surface area contributed by atoms with Crippen molar-refractivity contribution in [1.29, 1.82) is 5.26 Å². The molecule has 0 spiro atoms. The Labute approximate surface area is 141 Å². The average Bonchev–Trinajstić information content (AvgIpc) is 2.63. The molecule has 1 aromatic carbocycles. The van der Waals surface area contributed by atoms with Crippen LogP contribution in [0.25, 0.3) is 0 Å². The van der Waals surface area contributed by atoms with Crippen LogP contribution in [0.15, 0.2) is 41.0 Å². The number of carbonyl (C=O) groups excluding carboxylic acids is 1. The summed E-state index contributed by atoms with van der Waals surface area (Å²) in [5, 5.41) is 23.3. The lowest BCUT2D eigenvalue weighted by Gasteiger charge is -2.29. The topological polar surface area (TPSA) is 88.7 Å². The number of carbonyl (C=O) groups is 1. The number of β-amino-alcohol motifs (C(OH)–C–C–N with tert-alkyl or cyclic N) is 1. The van der Waals surface area contributed by atoms with Crippen molar-refractivity contribution in [3.8, 4) is 6.07 Å². The molecule has 0 saturated carbocycles. The van der Waals surface area contributed by atoms with Gasteiger partial charge in [0.15, 0.2) is 0 Å². The Morgan fingerprint density at radius 2 is 2.08 bits per heavy atom. The number of aliphatic hydroxyl groups excluding tert-OH is 1. The van der Waals surface area contributed by atoms with Crippen molar-refractivity contribution in [2.75, 3.05) is 19.6 Å². The van der Waals surface area contributed by atoms with E-state index in [9.17, 15) is 9.90 Å². The van der Waals surface area contributed by atoms with Gasteiger partial charge in [0.25, 0.3) is 0 Å². The second kappa shape index (κ2) is 7.39. The van der Waals surface area contributed by atoms with Crippen molar-refractivity contribution in [1.82, 2.24) is 10.3 Å². The van der Waals surface area contributed by atoms with E-state index in [1.165, 1.54) is 5.57 Å². The molecule has 1 aromatic rings. The minimum Gasteiger partial charge on any atom is -0.387 e. The molecule has 0 aliphatic carbocycles. The fourth-order valence-electron chi connectivity index (χ4n) is 2.97. The lowest BCUT2D eigenvalue weighted by atomic mass is 9.98. The summed E-state index contributed by atoms with van der Waals surface area (Å²) in [4.78, 5) is 13.3. The van der Waals surface area contributed by atoms with Crippen LogP contribution >= 0.6 is 0 Å². The van der Waals surface area contributed by atoms with Crippen LogP contribution in [0, 0.1) is 11.3 Å². The first-order valence-electron chi connectivity index (χ1n) is 8.11. The molecule has 6 nitrogen and oxygen atoms in total. The molecule has 2 aliphatic rings.